The summed E-state index contributed by atoms with van der Waals surface area (Å²) in [4.78, 5) is 24.6. The van der Waals surface area contributed by atoms with E-state index < -0.39 is 21.3 Å². The van der Waals surface area contributed by atoms with Crippen molar-refractivity contribution in [3.63, 3.8) is 0 Å². The van der Waals surface area contributed by atoms with Gasteiger partial charge in [-0.05, 0) is 43.0 Å². The highest BCUT2D eigenvalue weighted by Crippen LogP contribution is 2.36. The molecule has 8 heteroatoms. The van der Waals surface area contributed by atoms with Crippen LogP contribution >= 0.6 is 0 Å². The lowest BCUT2D eigenvalue weighted by atomic mass is 9.72. The van der Waals surface area contributed by atoms with Gasteiger partial charge in [0.25, 0.3) is 0 Å². The number of rotatable bonds is 7. The van der Waals surface area contributed by atoms with Gasteiger partial charge in [-0.2, -0.15) is 0 Å². The van der Waals surface area contributed by atoms with Gasteiger partial charge >= 0.3 is 0 Å². The number of carbonyl (C=O) groups is 2. The second-order valence-corrected chi connectivity index (χ2v) is 9.75. The predicted molar refractivity (Wildman–Crippen MR) is 115 cm³/mol. The molecule has 1 heterocycles. The van der Waals surface area contributed by atoms with E-state index in [1.807, 2.05) is 30.3 Å². The van der Waals surface area contributed by atoms with Crippen LogP contribution in [0.15, 0.2) is 54.6 Å². The van der Waals surface area contributed by atoms with Gasteiger partial charge in [0.05, 0.1) is 11.2 Å². The molecule has 2 aromatic carbocycles. The monoisotopic (exact) mass is 429 g/mol. The topological polar surface area (TPSA) is 110 Å². The third kappa shape index (κ3) is 4.55. The van der Waals surface area contributed by atoms with Crippen LogP contribution in [0.3, 0.4) is 0 Å². The van der Waals surface area contributed by atoms with Gasteiger partial charge in [0.1, 0.15) is 0 Å². The summed E-state index contributed by atoms with van der Waals surface area (Å²) in [5.41, 5.74) is 6.63. The van der Waals surface area contributed by atoms with E-state index in [9.17, 15) is 18.0 Å². The number of hydrogen-bond donors (Lipinski definition) is 2. The van der Waals surface area contributed by atoms with Crippen molar-refractivity contribution in [2.24, 2.45) is 5.73 Å². The second-order valence-electron chi connectivity index (χ2n) is 7.49. The third-order valence-electron chi connectivity index (χ3n) is 5.79. The molecule has 3 rings (SSSR count). The largest absolute Gasteiger partial charge is 0.366 e. The lowest BCUT2D eigenvalue weighted by Gasteiger charge is -2.40. The molecule has 2 amide bonds. The van der Waals surface area contributed by atoms with Crippen LogP contribution in [0, 0.1) is 0 Å². The fraction of sp³-hybridized carbons (Fsp3) is 0.364. The molecular formula is C22H27N3O4S. The fourth-order valence-corrected chi connectivity index (χ4v) is 4.98. The molecule has 1 aliphatic heterocycles. The van der Waals surface area contributed by atoms with E-state index in [1.165, 1.54) is 4.31 Å². The molecule has 0 aromatic heterocycles. The standard InChI is InChI=1S/C22H27N3O4S/c1-2-30(28,29)25-14-12-22(13-15-25,19-6-4-3-5-7-19)21(27)24-16-17-8-10-18(11-9-17)20(23)26/h3-11H,2,12-16H2,1H3,(H2,23,26)(H,24,27). The number of sulfonamides is 1. The van der Waals surface area contributed by atoms with Gasteiger partial charge in [-0.15, -0.1) is 0 Å². The molecule has 0 saturated carbocycles. The summed E-state index contributed by atoms with van der Waals surface area (Å²) in [6, 6.07) is 16.3. The molecule has 30 heavy (non-hydrogen) atoms. The zero-order valence-electron chi connectivity index (χ0n) is 17.0. The maximum Gasteiger partial charge on any atom is 0.248 e. The van der Waals surface area contributed by atoms with E-state index in [0.29, 0.717) is 38.0 Å². The number of nitrogens with zero attached hydrogens (tertiary/aromatic N) is 1. The molecule has 1 fully saturated rings. The summed E-state index contributed by atoms with van der Waals surface area (Å²) in [5, 5.41) is 3.00. The predicted octanol–water partition coefficient (Wildman–Crippen LogP) is 1.79. The maximum absolute atomic E-state index is 13.3. The summed E-state index contributed by atoms with van der Waals surface area (Å²) >= 11 is 0. The minimum absolute atomic E-state index is 0.0544. The Morgan fingerprint density at radius 1 is 1.03 bits per heavy atom. The van der Waals surface area contributed by atoms with Gasteiger partial charge < -0.3 is 11.1 Å². The molecule has 160 valence electrons. The first-order chi connectivity index (χ1) is 14.3. The van der Waals surface area contributed by atoms with Crippen molar-refractivity contribution in [1.82, 2.24) is 9.62 Å². The zero-order valence-corrected chi connectivity index (χ0v) is 17.8. The Morgan fingerprint density at radius 2 is 1.63 bits per heavy atom. The van der Waals surface area contributed by atoms with Gasteiger partial charge in [-0.25, -0.2) is 12.7 Å². The number of carbonyl (C=O) groups excluding carboxylic acids is 2. The van der Waals surface area contributed by atoms with Gasteiger partial charge in [0.15, 0.2) is 0 Å². The molecule has 3 N–H and O–H groups in total. The van der Waals surface area contributed by atoms with E-state index in [4.69, 9.17) is 5.73 Å². The SMILES string of the molecule is CCS(=O)(=O)N1CCC(C(=O)NCc2ccc(C(N)=O)cc2)(c2ccccc2)CC1. The second kappa shape index (κ2) is 8.97. The van der Waals surface area contributed by atoms with Crippen molar-refractivity contribution >= 4 is 21.8 Å². The third-order valence-corrected chi connectivity index (χ3v) is 7.67. The summed E-state index contributed by atoms with van der Waals surface area (Å²) < 4.78 is 26.0. The van der Waals surface area contributed by atoms with Gasteiger partial charge in [0, 0.05) is 25.2 Å². The molecular weight excluding hydrogens is 402 g/mol. The zero-order chi connectivity index (χ0) is 21.8. The lowest BCUT2D eigenvalue weighted by Crippen LogP contribution is -2.52. The Bertz CT molecular complexity index is 996. The number of hydrogen-bond acceptors (Lipinski definition) is 4. The van der Waals surface area contributed by atoms with Crippen LogP contribution in [0.1, 0.15) is 41.3 Å². The van der Waals surface area contributed by atoms with E-state index in [1.54, 1.807) is 31.2 Å². The van der Waals surface area contributed by atoms with Crippen molar-refractivity contribution in [3.05, 3.63) is 71.3 Å². The number of nitrogens with two attached hydrogens (primary N) is 1. The van der Waals surface area contributed by atoms with Crippen LogP contribution in [-0.2, 0) is 26.8 Å². The maximum atomic E-state index is 13.3. The Kier molecular flexibility index (Phi) is 6.58. The fourth-order valence-electron chi connectivity index (χ4n) is 3.87. The van der Waals surface area contributed by atoms with Crippen molar-refractivity contribution in [1.29, 1.82) is 0 Å². The summed E-state index contributed by atoms with van der Waals surface area (Å²) in [5.74, 6) is -0.567. The Morgan fingerprint density at radius 3 is 2.17 bits per heavy atom. The van der Waals surface area contributed by atoms with E-state index in [-0.39, 0.29) is 11.7 Å². The number of piperidine rings is 1. The first-order valence-corrected chi connectivity index (χ1v) is 11.6. The van der Waals surface area contributed by atoms with Gasteiger partial charge in [-0.1, -0.05) is 42.5 Å². The number of nitrogens with one attached hydrogen (secondary N) is 1. The average Bonchev–Trinajstić information content (AvgIpc) is 2.78. The first kappa shape index (κ1) is 22.0. The number of benzene rings is 2. The minimum Gasteiger partial charge on any atom is -0.366 e. The molecule has 2 aromatic rings. The number of primary amides is 1. The molecule has 0 atom stereocenters. The van der Waals surface area contributed by atoms with Crippen LogP contribution in [0.25, 0.3) is 0 Å². The Labute approximate surface area is 177 Å². The molecule has 1 aliphatic rings. The van der Waals surface area contributed by atoms with Crippen LogP contribution in [-0.4, -0.2) is 43.4 Å². The van der Waals surface area contributed by atoms with Crippen molar-refractivity contribution in [2.45, 2.75) is 31.7 Å². The van der Waals surface area contributed by atoms with Crippen LogP contribution in [0.4, 0.5) is 0 Å². The summed E-state index contributed by atoms with van der Waals surface area (Å²) in [6.07, 6.45) is 0.839. The highest BCUT2D eigenvalue weighted by Gasteiger charge is 2.44. The highest BCUT2D eigenvalue weighted by molar-refractivity contribution is 7.89. The van der Waals surface area contributed by atoms with Crippen LogP contribution in [0.2, 0.25) is 0 Å². The van der Waals surface area contributed by atoms with Crippen molar-refractivity contribution in [3.8, 4) is 0 Å². The van der Waals surface area contributed by atoms with Crippen molar-refractivity contribution in [2.75, 3.05) is 18.8 Å². The molecule has 1 saturated heterocycles. The molecule has 0 aliphatic carbocycles. The highest BCUT2D eigenvalue weighted by atomic mass is 32.2. The quantitative estimate of drug-likeness (QED) is 0.699. The smallest absolute Gasteiger partial charge is 0.248 e. The summed E-state index contributed by atoms with van der Waals surface area (Å²) in [6.45, 7) is 2.56. The minimum atomic E-state index is -3.28. The summed E-state index contributed by atoms with van der Waals surface area (Å²) in [7, 11) is -3.28. The Balaban J connectivity index is 1.78. The van der Waals surface area contributed by atoms with E-state index in [0.717, 1.165) is 11.1 Å². The van der Waals surface area contributed by atoms with E-state index >= 15 is 0 Å². The van der Waals surface area contributed by atoms with Gasteiger partial charge in [0.2, 0.25) is 21.8 Å². The van der Waals surface area contributed by atoms with Crippen molar-refractivity contribution < 1.29 is 18.0 Å². The average molecular weight is 430 g/mol. The molecule has 0 bridgehead atoms. The molecule has 7 nitrogen and oxygen atoms in total. The molecule has 0 spiro atoms. The van der Waals surface area contributed by atoms with Crippen LogP contribution in [0.5, 0.6) is 0 Å². The molecule has 0 unspecified atom stereocenters. The molecule has 0 radical (unpaired) electrons. The normalized spacial score (nSPS) is 16.7. The van der Waals surface area contributed by atoms with Crippen LogP contribution < -0.4 is 11.1 Å². The van der Waals surface area contributed by atoms with E-state index in [2.05, 4.69) is 5.32 Å². The number of amides is 2. The first-order valence-electron chi connectivity index (χ1n) is 9.99. The van der Waals surface area contributed by atoms with Gasteiger partial charge in [-0.3, -0.25) is 9.59 Å². The lowest BCUT2D eigenvalue weighted by molar-refractivity contribution is -0.128. The Hall–Kier alpha value is -2.71.